The van der Waals surface area contributed by atoms with Gasteiger partial charge in [-0.1, -0.05) is 25.1 Å². The molecule has 3 heterocycles. The highest BCUT2D eigenvalue weighted by molar-refractivity contribution is 6.12. The molecular formula is C22H23N5O2. The van der Waals surface area contributed by atoms with Gasteiger partial charge in [-0.2, -0.15) is 5.10 Å². The second-order valence-corrected chi connectivity index (χ2v) is 7.54. The van der Waals surface area contributed by atoms with Crippen molar-refractivity contribution in [2.45, 2.75) is 40.5 Å². The Kier molecular flexibility index (Phi) is 4.66. The number of aromatic nitrogens is 4. The SMILES string of the molecule is Cc1cc(C)n(-c2cccc(NC(=O)c3cc(C(C)C)nc4onc(C)c34)c2)n1. The first-order valence-corrected chi connectivity index (χ1v) is 9.55. The lowest BCUT2D eigenvalue weighted by molar-refractivity contribution is 0.102. The maximum Gasteiger partial charge on any atom is 0.259 e. The first-order chi connectivity index (χ1) is 13.8. The molecule has 1 aromatic carbocycles. The van der Waals surface area contributed by atoms with Crippen LogP contribution < -0.4 is 5.32 Å². The molecule has 7 nitrogen and oxygen atoms in total. The number of carbonyl (C=O) groups excluding carboxylic acids is 1. The summed E-state index contributed by atoms with van der Waals surface area (Å²) in [6.07, 6.45) is 0. The number of nitrogens with zero attached hydrogens (tertiary/aromatic N) is 4. The van der Waals surface area contributed by atoms with Gasteiger partial charge >= 0.3 is 0 Å². The number of anilines is 1. The second-order valence-electron chi connectivity index (χ2n) is 7.54. The third-order valence-electron chi connectivity index (χ3n) is 4.83. The van der Waals surface area contributed by atoms with E-state index in [2.05, 4.69) is 20.6 Å². The first kappa shape index (κ1) is 18.9. The molecule has 0 atom stereocenters. The number of benzene rings is 1. The van der Waals surface area contributed by atoms with Crippen molar-refractivity contribution in [3.63, 3.8) is 0 Å². The van der Waals surface area contributed by atoms with Crippen LogP contribution in [0.3, 0.4) is 0 Å². The van der Waals surface area contributed by atoms with Crippen LogP contribution in [0.15, 0.2) is 40.9 Å². The molecule has 148 valence electrons. The lowest BCUT2D eigenvalue weighted by atomic mass is 10.0. The van der Waals surface area contributed by atoms with Gasteiger partial charge < -0.3 is 9.84 Å². The van der Waals surface area contributed by atoms with Gasteiger partial charge in [-0.25, -0.2) is 9.67 Å². The van der Waals surface area contributed by atoms with Crippen LogP contribution >= 0.6 is 0 Å². The molecule has 1 amide bonds. The van der Waals surface area contributed by atoms with Crippen LogP contribution in [0, 0.1) is 20.8 Å². The molecule has 4 aromatic rings. The Bertz CT molecular complexity index is 1220. The van der Waals surface area contributed by atoms with Crippen LogP contribution in [-0.2, 0) is 0 Å². The molecule has 0 fully saturated rings. The molecule has 0 spiro atoms. The number of pyridine rings is 1. The normalized spacial score (nSPS) is 11.4. The monoisotopic (exact) mass is 389 g/mol. The van der Waals surface area contributed by atoms with Crippen molar-refractivity contribution < 1.29 is 9.32 Å². The van der Waals surface area contributed by atoms with Crippen molar-refractivity contribution in [3.8, 4) is 5.69 Å². The van der Waals surface area contributed by atoms with Crippen LogP contribution in [0.5, 0.6) is 0 Å². The predicted octanol–water partition coefficient (Wildman–Crippen LogP) is 4.71. The quantitative estimate of drug-likeness (QED) is 0.546. The molecule has 0 aliphatic carbocycles. The van der Waals surface area contributed by atoms with Crippen molar-refractivity contribution >= 4 is 22.7 Å². The highest BCUT2D eigenvalue weighted by Gasteiger charge is 2.20. The molecule has 0 saturated heterocycles. The third-order valence-corrected chi connectivity index (χ3v) is 4.83. The summed E-state index contributed by atoms with van der Waals surface area (Å²) in [6.45, 7) is 9.81. The van der Waals surface area contributed by atoms with Crippen LogP contribution in [0.2, 0.25) is 0 Å². The summed E-state index contributed by atoms with van der Waals surface area (Å²) < 4.78 is 7.18. The summed E-state index contributed by atoms with van der Waals surface area (Å²) in [5, 5.41) is 12.1. The Morgan fingerprint density at radius 1 is 1.14 bits per heavy atom. The van der Waals surface area contributed by atoms with E-state index in [-0.39, 0.29) is 11.8 Å². The highest BCUT2D eigenvalue weighted by atomic mass is 16.5. The maximum absolute atomic E-state index is 13.1. The zero-order chi connectivity index (χ0) is 20.7. The van der Waals surface area contributed by atoms with Crippen molar-refractivity contribution in [2.75, 3.05) is 5.32 Å². The average Bonchev–Trinajstić information content (AvgIpc) is 3.22. The molecule has 4 rings (SSSR count). The van der Waals surface area contributed by atoms with Gasteiger partial charge in [0.1, 0.15) is 0 Å². The summed E-state index contributed by atoms with van der Waals surface area (Å²) in [5.41, 5.74) is 5.87. The van der Waals surface area contributed by atoms with E-state index >= 15 is 0 Å². The second kappa shape index (κ2) is 7.16. The Hall–Kier alpha value is -3.48. The summed E-state index contributed by atoms with van der Waals surface area (Å²) in [4.78, 5) is 17.6. The lowest BCUT2D eigenvalue weighted by Gasteiger charge is -2.11. The van der Waals surface area contributed by atoms with E-state index in [1.165, 1.54) is 0 Å². The molecule has 0 aliphatic heterocycles. The number of rotatable bonds is 4. The van der Waals surface area contributed by atoms with Crippen molar-refractivity contribution in [1.82, 2.24) is 19.9 Å². The average molecular weight is 389 g/mol. The minimum absolute atomic E-state index is 0.158. The van der Waals surface area contributed by atoms with Gasteiger partial charge in [0.2, 0.25) is 0 Å². The number of fused-ring (bicyclic) bond motifs is 1. The van der Waals surface area contributed by atoms with E-state index in [0.29, 0.717) is 28.0 Å². The van der Waals surface area contributed by atoms with Gasteiger partial charge in [-0.15, -0.1) is 0 Å². The molecular weight excluding hydrogens is 366 g/mol. The van der Waals surface area contributed by atoms with E-state index in [1.54, 1.807) is 0 Å². The summed E-state index contributed by atoms with van der Waals surface area (Å²) in [5.74, 6) is -0.0677. The summed E-state index contributed by atoms with van der Waals surface area (Å²) in [7, 11) is 0. The molecule has 1 N–H and O–H groups in total. The third kappa shape index (κ3) is 3.51. The fraction of sp³-hybridized carbons (Fsp3) is 0.273. The standard InChI is InChI=1S/C22H23N5O2/c1-12(2)19-11-18(20-15(5)26-29-22(20)24-19)21(28)23-16-7-6-8-17(10-16)27-14(4)9-13(3)25-27/h6-12H,1-5H3,(H,23,28). The highest BCUT2D eigenvalue weighted by Crippen LogP contribution is 2.26. The topological polar surface area (TPSA) is 85.8 Å². The number of carbonyl (C=O) groups is 1. The van der Waals surface area contributed by atoms with Crippen molar-refractivity contribution in [3.05, 3.63) is 64.7 Å². The largest absolute Gasteiger partial charge is 0.336 e. The number of hydrogen-bond acceptors (Lipinski definition) is 5. The Labute approximate surface area is 168 Å². The number of nitrogens with one attached hydrogen (secondary N) is 1. The minimum atomic E-state index is -0.226. The van der Waals surface area contributed by atoms with Crippen molar-refractivity contribution in [1.29, 1.82) is 0 Å². The van der Waals surface area contributed by atoms with Crippen LogP contribution in [-0.4, -0.2) is 25.8 Å². The number of hydrogen-bond donors (Lipinski definition) is 1. The Morgan fingerprint density at radius 3 is 2.62 bits per heavy atom. The molecule has 0 saturated carbocycles. The minimum Gasteiger partial charge on any atom is -0.336 e. The van der Waals surface area contributed by atoms with E-state index in [1.807, 2.05) is 75.7 Å². The van der Waals surface area contributed by atoms with Gasteiger partial charge in [0.05, 0.1) is 28.0 Å². The zero-order valence-electron chi connectivity index (χ0n) is 17.1. The molecule has 0 unspecified atom stereocenters. The zero-order valence-corrected chi connectivity index (χ0v) is 17.1. The lowest BCUT2D eigenvalue weighted by Crippen LogP contribution is -2.14. The molecule has 7 heteroatoms. The molecule has 0 aliphatic rings. The van der Waals surface area contributed by atoms with Gasteiger partial charge in [0, 0.05) is 17.1 Å². The fourth-order valence-corrected chi connectivity index (χ4v) is 3.39. The van der Waals surface area contributed by atoms with Gasteiger partial charge in [0.25, 0.3) is 11.6 Å². The summed E-state index contributed by atoms with van der Waals surface area (Å²) >= 11 is 0. The van der Waals surface area contributed by atoms with Crippen LogP contribution in [0.1, 0.15) is 52.9 Å². The van der Waals surface area contributed by atoms with E-state index < -0.39 is 0 Å². The van der Waals surface area contributed by atoms with E-state index in [4.69, 9.17) is 4.52 Å². The van der Waals surface area contributed by atoms with Gasteiger partial charge in [-0.3, -0.25) is 4.79 Å². The maximum atomic E-state index is 13.1. The smallest absolute Gasteiger partial charge is 0.259 e. The predicted molar refractivity (Wildman–Crippen MR) is 112 cm³/mol. The Morgan fingerprint density at radius 2 is 1.93 bits per heavy atom. The molecule has 29 heavy (non-hydrogen) atoms. The van der Waals surface area contributed by atoms with Gasteiger partial charge in [0.15, 0.2) is 0 Å². The Balaban J connectivity index is 1.71. The number of amides is 1. The molecule has 0 radical (unpaired) electrons. The molecule has 3 aromatic heterocycles. The fourth-order valence-electron chi connectivity index (χ4n) is 3.39. The van der Waals surface area contributed by atoms with Gasteiger partial charge in [-0.05, 0) is 57.0 Å². The van der Waals surface area contributed by atoms with Crippen LogP contribution in [0.25, 0.3) is 16.8 Å². The van der Waals surface area contributed by atoms with E-state index in [0.717, 1.165) is 22.8 Å². The van der Waals surface area contributed by atoms with E-state index in [9.17, 15) is 4.79 Å². The van der Waals surface area contributed by atoms with Crippen molar-refractivity contribution in [2.24, 2.45) is 0 Å². The summed E-state index contributed by atoms with van der Waals surface area (Å²) in [6, 6.07) is 11.4. The first-order valence-electron chi connectivity index (χ1n) is 9.55. The molecule has 0 bridgehead atoms. The van der Waals surface area contributed by atoms with Crippen LogP contribution in [0.4, 0.5) is 5.69 Å². The number of aryl methyl sites for hydroxylation is 3.